The maximum absolute atomic E-state index is 2.35. The highest BCUT2D eigenvalue weighted by Gasteiger charge is 2.15. The summed E-state index contributed by atoms with van der Waals surface area (Å²) < 4.78 is 0. The van der Waals surface area contributed by atoms with Crippen molar-refractivity contribution in [2.75, 3.05) is 4.90 Å². The molecule has 0 bridgehead atoms. The van der Waals surface area contributed by atoms with Crippen molar-refractivity contribution in [2.24, 2.45) is 0 Å². The van der Waals surface area contributed by atoms with Gasteiger partial charge in [0.25, 0.3) is 0 Å². The molecule has 0 fully saturated rings. The van der Waals surface area contributed by atoms with Gasteiger partial charge in [-0.2, -0.15) is 0 Å². The Kier molecular flexibility index (Phi) is 9.09. The summed E-state index contributed by atoms with van der Waals surface area (Å²) in [6.07, 6.45) is 0. The first-order chi connectivity index (χ1) is 26.2. The Morgan fingerprint density at radius 2 is 0.434 bits per heavy atom. The molecule has 0 saturated heterocycles. The molecule has 9 aromatic rings. The fourth-order valence-electron chi connectivity index (χ4n) is 6.79. The van der Waals surface area contributed by atoms with Crippen molar-refractivity contribution < 1.29 is 0 Å². The highest BCUT2D eigenvalue weighted by molar-refractivity contribution is 7.19. The van der Waals surface area contributed by atoms with E-state index in [9.17, 15) is 0 Å². The normalized spacial score (nSPS) is 11.0. The van der Waals surface area contributed by atoms with E-state index in [1.165, 1.54) is 64.0 Å². The van der Waals surface area contributed by atoms with Crippen molar-refractivity contribution in [2.45, 2.75) is 0 Å². The number of benzene rings is 7. The first-order valence-corrected chi connectivity index (χ1v) is 19.5. The van der Waals surface area contributed by atoms with Crippen LogP contribution in [0, 0.1) is 0 Å². The summed E-state index contributed by atoms with van der Waals surface area (Å²) in [5, 5.41) is 0. The summed E-state index contributed by atoms with van der Waals surface area (Å²) in [5.74, 6) is 0. The minimum Gasteiger partial charge on any atom is -0.311 e. The minimum atomic E-state index is 1.11. The molecule has 0 unspecified atom stereocenters. The Morgan fingerprint density at radius 3 is 0.755 bits per heavy atom. The molecule has 9 rings (SSSR count). The zero-order chi connectivity index (χ0) is 35.4. The van der Waals surface area contributed by atoms with Gasteiger partial charge in [-0.15, -0.1) is 22.7 Å². The van der Waals surface area contributed by atoms with Gasteiger partial charge in [0.1, 0.15) is 0 Å². The molecule has 0 atom stereocenters. The summed E-state index contributed by atoms with van der Waals surface area (Å²) >= 11 is 3.66. The lowest BCUT2D eigenvalue weighted by atomic mass is 10.00. The first kappa shape index (κ1) is 32.6. The Morgan fingerprint density at radius 1 is 0.208 bits per heavy atom. The SMILES string of the molecule is c1ccc(-c2ccc(-c3ccc(N(c4ccc(-c5ccc(-c6ccccc6)s5)cc4)c4ccc(-c5ccc(-c6ccccc6)s5)cc4)cc3)cc2)cc1. The molecule has 0 aliphatic carbocycles. The van der Waals surface area contributed by atoms with Crippen LogP contribution in [0.1, 0.15) is 0 Å². The third-order valence-electron chi connectivity index (χ3n) is 9.60. The lowest BCUT2D eigenvalue weighted by Crippen LogP contribution is -2.09. The number of nitrogens with zero attached hydrogens (tertiary/aromatic N) is 1. The molecule has 7 aromatic carbocycles. The van der Waals surface area contributed by atoms with Gasteiger partial charge in [-0.1, -0.05) is 152 Å². The first-order valence-electron chi connectivity index (χ1n) is 17.8. The van der Waals surface area contributed by atoms with Gasteiger partial charge in [0.2, 0.25) is 0 Å². The van der Waals surface area contributed by atoms with E-state index in [0.29, 0.717) is 0 Å². The second-order valence-corrected chi connectivity index (χ2v) is 15.1. The number of rotatable bonds is 9. The predicted octanol–water partition coefficient (Wildman–Crippen LogP) is 15.3. The van der Waals surface area contributed by atoms with Crippen LogP contribution in [0.5, 0.6) is 0 Å². The number of anilines is 3. The molecule has 0 aliphatic heterocycles. The van der Waals surface area contributed by atoms with Gasteiger partial charge in [-0.05, 0) is 105 Å². The highest BCUT2D eigenvalue weighted by Crippen LogP contribution is 2.41. The molecule has 2 aromatic heterocycles. The van der Waals surface area contributed by atoms with Gasteiger partial charge in [0, 0.05) is 36.6 Å². The molecule has 0 aliphatic rings. The predicted molar refractivity (Wildman–Crippen MR) is 229 cm³/mol. The Hall–Kier alpha value is -6.26. The molecule has 0 spiro atoms. The van der Waals surface area contributed by atoms with Gasteiger partial charge in [0.15, 0.2) is 0 Å². The van der Waals surface area contributed by atoms with Crippen LogP contribution in [0.25, 0.3) is 64.0 Å². The maximum Gasteiger partial charge on any atom is 0.0462 e. The van der Waals surface area contributed by atoms with Gasteiger partial charge < -0.3 is 4.90 Å². The lowest BCUT2D eigenvalue weighted by Gasteiger charge is -2.26. The van der Waals surface area contributed by atoms with Gasteiger partial charge in [-0.25, -0.2) is 0 Å². The molecule has 0 saturated carbocycles. The maximum atomic E-state index is 2.35. The minimum absolute atomic E-state index is 1.11. The molecular formula is C50H35NS2. The molecule has 0 radical (unpaired) electrons. The summed E-state index contributed by atoms with van der Waals surface area (Å²) in [5.41, 5.74) is 13.1. The zero-order valence-corrected chi connectivity index (χ0v) is 30.6. The summed E-state index contributed by atoms with van der Waals surface area (Å²) in [4.78, 5) is 7.44. The third kappa shape index (κ3) is 7.01. The molecule has 252 valence electrons. The second kappa shape index (κ2) is 14.8. The largest absolute Gasteiger partial charge is 0.311 e. The van der Waals surface area contributed by atoms with Crippen LogP contribution < -0.4 is 4.90 Å². The van der Waals surface area contributed by atoms with Crippen LogP contribution in [-0.2, 0) is 0 Å². The average molecular weight is 714 g/mol. The highest BCUT2D eigenvalue weighted by atomic mass is 32.1. The molecule has 0 amide bonds. The standard InChI is InChI=1S/C50H35NS2/c1-4-10-36(11-5-1)37-16-18-38(19-17-37)39-20-26-44(27-21-39)51(45-28-22-42(23-29-45)49-34-32-47(52-49)40-12-6-2-7-13-40)46-30-24-43(25-31-46)50-35-33-48(53-50)41-14-8-3-9-15-41/h1-35H. The van der Waals surface area contributed by atoms with Crippen molar-refractivity contribution in [1.82, 2.24) is 0 Å². The van der Waals surface area contributed by atoms with Crippen LogP contribution in [0.15, 0.2) is 212 Å². The van der Waals surface area contributed by atoms with E-state index >= 15 is 0 Å². The van der Waals surface area contributed by atoms with E-state index in [4.69, 9.17) is 0 Å². The Bertz CT molecular complexity index is 2430. The molecule has 2 heterocycles. The fraction of sp³-hybridized carbons (Fsp3) is 0. The topological polar surface area (TPSA) is 3.24 Å². The quantitative estimate of drug-likeness (QED) is 0.144. The molecular weight excluding hydrogens is 679 g/mol. The van der Waals surface area contributed by atoms with Gasteiger partial charge in [0.05, 0.1) is 0 Å². The summed E-state index contributed by atoms with van der Waals surface area (Å²) in [7, 11) is 0. The van der Waals surface area contributed by atoms with Crippen LogP contribution in [-0.4, -0.2) is 0 Å². The van der Waals surface area contributed by atoms with E-state index < -0.39 is 0 Å². The van der Waals surface area contributed by atoms with Gasteiger partial charge in [-0.3, -0.25) is 0 Å². The smallest absolute Gasteiger partial charge is 0.0462 e. The lowest BCUT2D eigenvalue weighted by molar-refractivity contribution is 1.28. The molecule has 0 N–H and O–H groups in total. The second-order valence-electron chi connectivity index (χ2n) is 13.0. The van der Waals surface area contributed by atoms with Crippen LogP contribution in [0.2, 0.25) is 0 Å². The van der Waals surface area contributed by atoms with Crippen molar-refractivity contribution in [3.63, 3.8) is 0 Å². The van der Waals surface area contributed by atoms with E-state index in [1.807, 2.05) is 22.7 Å². The Balaban J connectivity index is 1.03. The van der Waals surface area contributed by atoms with Crippen molar-refractivity contribution in [1.29, 1.82) is 0 Å². The van der Waals surface area contributed by atoms with Gasteiger partial charge >= 0.3 is 0 Å². The number of thiophene rings is 2. The van der Waals surface area contributed by atoms with Crippen LogP contribution >= 0.6 is 22.7 Å². The van der Waals surface area contributed by atoms with E-state index in [2.05, 4.69) is 217 Å². The third-order valence-corrected chi connectivity index (χ3v) is 12.0. The monoisotopic (exact) mass is 713 g/mol. The molecule has 3 heteroatoms. The zero-order valence-electron chi connectivity index (χ0n) is 29.0. The van der Waals surface area contributed by atoms with Crippen molar-refractivity contribution in [3.8, 4) is 64.0 Å². The summed E-state index contributed by atoms with van der Waals surface area (Å²) in [6, 6.07) is 76.4. The van der Waals surface area contributed by atoms with E-state index in [0.717, 1.165) is 17.1 Å². The average Bonchev–Trinajstić information content (AvgIpc) is 3.95. The molecule has 1 nitrogen and oxygen atoms in total. The van der Waals surface area contributed by atoms with Crippen molar-refractivity contribution >= 4 is 39.7 Å². The molecule has 53 heavy (non-hydrogen) atoms. The van der Waals surface area contributed by atoms with Crippen molar-refractivity contribution in [3.05, 3.63) is 212 Å². The number of hydrogen-bond donors (Lipinski definition) is 0. The van der Waals surface area contributed by atoms with Crippen LogP contribution in [0.4, 0.5) is 17.1 Å². The number of hydrogen-bond acceptors (Lipinski definition) is 3. The van der Waals surface area contributed by atoms with Crippen LogP contribution in [0.3, 0.4) is 0 Å². The van der Waals surface area contributed by atoms with E-state index in [-0.39, 0.29) is 0 Å². The fourth-order valence-corrected chi connectivity index (χ4v) is 8.82. The van der Waals surface area contributed by atoms with E-state index in [1.54, 1.807) is 0 Å². The Labute approximate surface area is 319 Å². The summed E-state index contributed by atoms with van der Waals surface area (Å²) in [6.45, 7) is 0.